The molecule has 0 aliphatic carbocycles. The van der Waals surface area contributed by atoms with Crippen molar-refractivity contribution in [1.82, 2.24) is 0 Å². The highest BCUT2D eigenvalue weighted by molar-refractivity contribution is 14.1. The molecule has 3 heteroatoms. The van der Waals surface area contributed by atoms with Crippen molar-refractivity contribution in [3.8, 4) is 0 Å². The van der Waals surface area contributed by atoms with Gasteiger partial charge in [0.1, 0.15) is 0 Å². The van der Waals surface area contributed by atoms with Crippen LogP contribution in [0.4, 0.5) is 0 Å². The molecule has 1 nitrogen and oxygen atoms in total. The van der Waals surface area contributed by atoms with Gasteiger partial charge in [0.25, 0.3) is 0 Å². The second kappa shape index (κ2) is 5.85. The summed E-state index contributed by atoms with van der Waals surface area (Å²) in [6.07, 6.45) is 1.27. The monoisotopic (exact) mass is 328 g/mol. The van der Waals surface area contributed by atoms with Gasteiger partial charge in [-0.05, 0) is 34.9 Å². The van der Waals surface area contributed by atoms with Gasteiger partial charge in [-0.25, -0.2) is 0 Å². The van der Waals surface area contributed by atoms with Crippen LogP contribution in [0.5, 0.6) is 0 Å². The van der Waals surface area contributed by atoms with Crippen molar-refractivity contribution in [1.29, 1.82) is 0 Å². The Balaban J connectivity index is 3.99. The van der Waals surface area contributed by atoms with Gasteiger partial charge in [-0.1, -0.05) is 50.3 Å². The summed E-state index contributed by atoms with van der Waals surface area (Å²) in [5, 5.41) is 0.344. The number of hydrogen-bond donors (Lipinski definition) is 0. The van der Waals surface area contributed by atoms with Crippen LogP contribution in [0.3, 0.4) is 0 Å². The Morgan fingerprint density at radius 3 is 2.14 bits per heavy atom. The summed E-state index contributed by atoms with van der Waals surface area (Å²) in [5.74, 6) is 0.709. The standard InChI is InChI=1S/C11H25IOSi/c1-10(7-8-12)9-13-14(5,6)11(2,3)4/h10H,7-9H2,1-6H3/t10-/m1/s1. The molecule has 0 aromatic rings. The lowest BCUT2D eigenvalue weighted by molar-refractivity contribution is 0.236. The molecule has 1 atom stereocenters. The maximum Gasteiger partial charge on any atom is 0.191 e. The normalized spacial score (nSPS) is 15.6. The van der Waals surface area contributed by atoms with Crippen molar-refractivity contribution in [2.24, 2.45) is 5.92 Å². The maximum atomic E-state index is 6.14. The number of rotatable bonds is 5. The molecule has 14 heavy (non-hydrogen) atoms. The van der Waals surface area contributed by atoms with E-state index in [4.69, 9.17) is 4.43 Å². The van der Waals surface area contributed by atoms with E-state index in [0.717, 1.165) is 6.61 Å². The van der Waals surface area contributed by atoms with Crippen molar-refractivity contribution in [2.45, 2.75) is 52.2 Å². The summed E-state index contributed by atoms with van der Waals surface area (Å²) in [4.78, 5) is 0. The highest BCUT2D eigenvalue weighted by Gasteiger charge is 2.37. The third kappa shape index (κ3) is 5.12. The lowest BCUT2D eigenvalue weighted by atomic mass is 10.1. The average Bonchev–Trinajstić information content (AvgIpc) is 1.99. The first kappa shape index (κ1) is 14.9. The van der Waals surface area contributed by atoms with Crippen LogP contribution in [0.2, 0.25) is 18.1 Å². The minimum Gasteiger partial charge on any atom is -0.417 e. The van der Waals surface area contributed by atoms with Gasteiger partial charge in [-0.2, -0.15) is 0 Å². The van der Waals surface area contributed by atoms with E-state index in [9.17, 15) is 0 Å². The van der Waals surface area contributed by atoms with E-state index in [1.807, 2.05) is 0 Å². The van der Waals surface area contributed by atoms with Crippen LogP contribution in [-0.2, 0) is 4.43 Å². The van der Waals surface area contributed by atoms with E-state index in [1.165, 1.54) is 10.8 Å². The van der Waals surface area contributed by atoms with Gasteiger partial charge in [-0.15, -0.1) is 0 Å². The molecule has 0 N–H and O–H groups in total. The third-order valence-corrected chi connectivity index (χ3v) is 8.26. The minimum atomic E-state index is -1.50. The van der Waals surface area contributed by atoms with Crippen LogP contribution in [0.1, 0.15) is 34.1 Å². The maximum absolute atomic E-state index is 6.14. The van der Waals surface area contributed by atoms with Gasteiger partial charge in [0.2, 0.25) is 0 Å². The van der Waals surface area contributed by atoms with Crippen LogP contribution < -0.4 is 0 Å². The Labute approximate surface area is 104 Å². The first-order chi connectivity index (χ1) is 6.20. The molecule has 0 rings (SSSR count). The highest BCUT2D eigenvalue weighted by Crippen LogP contribution is 2.36. The molecule has 0 fully saturated rings. The van der Waals surface area contributed by atoms with Gasteiger partial charge >= 0.3 is 0 Å². The van der Waals surface area contributed by atoms with Crippen LogP contribution in [0.15, 0.2) is 0 Å². The van der Waals surface area contributed by atoms with Gasteiger partial charge in [0, 0.05) is 6.61 Å². The molecule has 0 saturated heterocycles. The summed E-state index contributed by atoms with van der Waals surface area (Å²) in [7, 11) is -1.50. The Bertz CT molecular complexity index is 163. The summed E-state index contributed by atoms with van der Waals surface area (Å²) < 4.78 is 7.38. The smallest absolute Gasteiger partial charge is 0.191 e. The topological polar surface area (TPSA) is 9.23 Å². The van der Waals surface area contributed by atoms with Gasteiger partial charge in [-0.3, -0.25) is 0 Å². The van der Waals surface area contributed by atoms with Crippen molar-refractivity contribution < 1.29 is 4.43 Å². The zero-order valence-corrected chi connectivity index (χ0v) is 13.6. The fourth-order valence-corrected chi connectivity index (χ4v) is 3.03. The Morgan fingerprint density at radius 1 is 1.29 bits per heavy atom. The van der Waals surface area contributed by atoms with Crippen LogP contribution in [-0.4, -0.2) is 19.4 Å². The third-order valence-electron chi connectivity index (χ3n) is 3.14. The van der Waals surface area contributed by atoms with Gasteiger partial charge in [0.05, 0.1) is 0 Å². The summed E-state index contributed by atoms with van der Waals surface area (Å²) in [6.45, 7) is 14.8. The molecular formula is C11H25IOSi. The first-order valence-electron chi connectivity index (χ1n) is 5.40. The van der Waals surface area contributed by atoms with Crippen LogP contribution >= 0.6 is 22.6 Å². The molecule has 0 radical (unpaired) electrons. The quantitative estimate of drug-likeness (QED) is 0.411. The molecule has 0 saturated carbocycles. The SMILES string of the molecule is C[C@H](CCI)CO[Si](C)(C)C(C)(C)C. The molecule has 0 amide bonds. The van der Waals surface area contributed by atoms with Crippen molar-refractivity contribution in [2.75, 3.05) is 11.0 Å². The van der Waals surface area contributed by atoms with Crippen molar-refractivity contribution in [3.05, 3.63) is 0 Å². The van der Waals surface area contributed by atoms with Crippen molar-refractivity contribution >= 4 is 30.9 Å². The summed E-state index contributed by atoms with van der Waals surface area (Å²) in [6, 6.07) is 0. The summed E-state index contributed by atoms with van der Waals surface area (Å²) in [5.41, 5.74) is 0. The molecule has 0 bridgehead atoms. The number of hydrogen-bond acceptors (Lipinski definition) is 1. The zero-order chi connectivity index (χ0) is 11.4. The predicted molar refractivity (Wildman–Crippen MR) is 75.8 cm³/mol. The number of alkyl halides is 1. The molecule has 0 spiro atoms. The molecule has 0 unspecified atom stereocenters. The fraction of sp³-hybridized carbons (Fsp3) is 1.00. The second-order valence-corrected chi connectivity index (χ2v) is 11.5. The minimum absolute atomic E-state index is 0.344. The number of halogens is 1. The van der Waals surface area contributed by atoms with Crippen molar-refractivity contribution in [3.63, 3.8) is 0 Å². The van der Waals surface area contributed by atoms with Gasteiger partial charge < -0.3 is 4.43 Å². The van der Waals surface area contributed by atoms with Gasteiger partial charge in [0.15, 0.2) is 8.32 Å². The molecule has 86 valence electrons. The Hall–Kier alpha value is 0.907. The van der Waals surface area contributed by atoms with E-state index in [-0.39, 0.29) is 0 Å². The van der Waals surface area contributed by atoms with E-state index >= 15 is 0 Å². The van der Waals surface area contributed by atoms with E-state index in [0.29, 0.717) is 11.0 Å². The molecule has 0 aromatic carbocycles. The highest BCUT2D eigenvalue weighted by atomic mass is 127. The van der Waals surface area contributed by atoms with E-state index in [2.05, 4.69) is 63.4 Å². The Morgan fingerprint density at radius 2 is 1.79 bits per heavy atom. The molecule has 0 aliphatic rings. The predicted octanol–water partition coefficient (Wildman–Crippen LogP) is 4.47. The average molecular weight is 328 g/mol. The molecule has 0 heterocycles. The molecular weight excluding hydrogens is 303 g/mol. The van der Waals surface area contributed by atoms with E-state index < -0.39 is 8.32 Å². The van der Waals surface area contributed by atoms with Crippen LogP contribution in [0.25, 0.3) is 0 Å². The fourth-order valence-electron chi connectivity index (χ4n) is 0.837. The lowest BCUT2D eigenvalue weighted by Crippen LogP contribution is -2.41. The zero-order valence-electron chi connectivity index (χ0n) is 10.5. The Kier molecular flexibility index (Phi) is 6.22. The molecule has 0 aliphatic heterocycles. The molecule has 0 aromatic heterocycles. The second-order valence-electron chi connectivity index (χ2n) is 5.65. The largest absolute Gasteiger partial charge is 0.417 e. The summed E-state index contributed by atoms with van der Waals surface area (Å²) >= 11 is 2.44. The lowest BCUT2D eigenvalue weighted by Gasteiger charge is -2.37. The van der Waals surface area contributed by atoms with E-state index in [1.54, 1.807) is 0 Å². The first-order valence-corrected chi connectivity index (χ1v) is 9.84. The van der Waals surface area contributed by atoms with Crippen LogP contribution in [0, 0.1) is 5.92 Å².